The van der Waals surface area contributed by atoms with Crippen LogP contribution in [0.25, 0.3) is 0 Å². The Bertz CT molecular complexity index is 1090. The molecular weight excluding hydrogens is 445 g/mol. The van der Waals surface area contributed by atoms with Crippen LogP contribution in [0.3, 0.4) is 0 Å². The number of halogens is 2. The highest BCUT2D eigenvalue weighted by atomic mass is 35.5. The van der Waals surface area contributed by atoms with Crippen molar-refractivity contribution in [2.75, 3.05) is 13.3 Å². The molecule has 0 bridgehead atoms. The fourth-order valence-corrected chi connectivity index (χ4v) is 4.18. The Hall–Kier alpha value is -2.97. The molecule has 1 fully saturated rings. The van der Waals surface area contributed by atoms with Crippen molar-refractivity contribution < 1.29 is 23.9 Å². The topological polar surface area (TPSA) is 97.0 Å². The molecule has 162 valence electrons. The molecule has 0 spiro atoms. The van der Waals surface area contributed by atoms with Gasteiger partial charge in [-0.25, -0.2) is 4.79 Å². The van der Waals surface area contributed by atoms with E-state index in [1.807, 2.05) is 0 Å². The quantitative estimate of drug-likeness (QED) is 0.662. The van der Waals surface area contributed by atoms with Gasteiger partial charge in [-0.1, -0.05) is 35.3 Å². The first-order valence-electron chi connectivity index (χ1n) is 9.47. The molecule has 0 aliphatic carbocycles. The molecule has 31 heavy (non-hydrogen) atoms. The van der Waals surface area contributed by atoms with Crippen molar-refractivity contribution in [1.29, 1.82) is 0 Å². The Labute approximate surface area is 188 Å². The van der Waals surface area contributed by atoms with Gasteiger partial charge in [0.05, 0.1) is 6.04 Å². The molecule has 2 aromatic carbocycles. The van der Waals surface area contributed by atoms with Gasteiger partial charge < -0.3 is 20.1 Å². The molecule has 2 aliphatic rings. The predicted octanol–water partition coefficient (Wildman–Crippen LogP) is 3.37. The second-order valence-electron chi connectivity index (χ2n) is 7.47. The molecule has 0 aromatic heterocycles. The highest BCUT2D eigenvalue weighted by molar-refractivity contribution is 6.35. The first-order chi connectivity index (χ1) is 14.7. The van der Waals surface area contributed by atoms with E-state index in [9.17, 15) is 14.4 Å². The zero-order chi connectivity index (χ0) is 22.3. The number of carbonyl (C=O) groups is 3. The summed E-state index contributed by atoms with van der Waals surface area (Å²) in [5.41, 5.74) is -0.134. The molecule has 0 saturated carbocycles. The normalized spacial score (nSPS) is 20.6. The van der Waals surface area contributed by atoms with Gasteiger partial charge in [-0.15, -0.1) is 0 Å². The van der Waals surface area contributed by atoms with Crippen molar-refractivity contribution in [3.8, 4) is 11.5 Å². The molecular formula is C21H19Cl2N3O5. The summed E-state index contributed by atoms with van der Waals surface area (Å²) < 4.78 is 10.6. The smallest absolute Gasteiger partial charge is 0.325 e. The van der Waals surface area contributed by atoms with Crippen LogP contribution in [0.4, 0.5) is 4.79 Å². The average Bonchev–Trinajstić information content (AvgIpc) is 3.26. The zero-order valence-electron chi connectivity index (χ0n) is 16.7. The van der Waals surface area contributed by atoms with E-state index in [2.05, 4.69) is 10.6 Å². The average molecular weight is 464 g/mol. The van der Waals surface area contributed by atoms with Crippen molar-refractivity contribution in [1.82, 2.24) is 15.5 Å². The van der Waals surface area contributed by atoms with Crippen molar-refractivity contribution in [2.24, 2.45) is 0 Å². The number of urea groups is 1. The molecule has 2 atom stereocenters. The maximum atomic E-state index is 13.1. The Balaban J connectivity index is 1.47. The second kappa shape index (κ2) is 7.94. The van der Waals surface area contributed by atoms with Gasteiger partial charge >= 0.3 is 6.03 Å². The first-order valence-corrected chi connectivity index (χ1v) is 10.2. The lowest BCUT2D eigenvalue weighted by Gasteiger charge is -2.23. The summed E-state index contributed by atoms with van der Waals surface area (Å²) in [6.07, 6.45) is 0. The Morgan fingerprint density at radius 3 is 2.68 bits per heavy atom. The minimum atomic E-state index is -1.33. The minimum Gasteiger partial charge on any atom is -0.454 e. The summed E-state index contributed by atoms with van der Waals surface area (Å²) in [5.74, 6) is 0.0153. The van der Waals surface area contributed by atoms with Crippen LogP contribution in [-0.2, 0) is 15.1 Å². The lowest BCUT2D eigenvalue weighted by molar-refractivity contribution is -0.135. The molecule has 4 rings (SSSR count). The molecule has 4 amide bonds. The van der Waals surface area contributed by atoms with E-state index in [1.165, 1.54) is 0 Å². The number of fused-ring (bicyclic) bond motifs is 1. The zero-order valence-corrected chi connectivity index (χ0v) is 18.2. The van der Waals surface area contributed by atoms with Crippen molar-refractivity contribution in [3.05, 3.63) is 57.6 Å². The third-order valence-corrected chi connectivity index (χ3v) is 5.90. The van der Waals surface area contributed by atoms with Crippen LogP contribution >= 0.6 is 23.2 Å². The number of nitrogens with zero attached hydrogens (tertiary/aromatic N) is 1. The van der Waals surface area contributed by atoms with Gasteiger partial charge in [-0.3, -0.25) is 14.5 Å². The molecule has 2 unspecified atom stereocenters. The van der Waals surface area contributed by atoms with E-state index in [0.29, 0.717) is 32.7 Å². The highest BCUT2D eigenvalue weighted by Crippen LogP contribution is 2.37. The number of benzene rings is 2. The number of hydrogen-bond donors (Lipinski definition) is 2. The molecule has 2 aromatic rings. The van der Waals surface area contributed by atoms with E-state index < -0.39 is 36.0 Å². The van der Waals surface area contributed by atoms with Gasteiger partial charge in [-0.2, -0.15) is 0 Å². The summed E-state index contributed by atoms with van der Waals surface area (Å²) in [6.45, 7) is 2.99. The second-order valence-corrected chi connectivity index (χ2v) is 8.31. The van der Waals surface area contributed by atoms with Crippen LogP contribution in [-0.4, -0.2) is 36.1 Å². The number of ether oxygens (including phenoxy) is 2. The number of hydrogen-bond acceptors (Lipinski definition) is 5. The first kappa shape index (κ1) is 21.3. The van der Waals surface area contributed by atoms with Gasteiger partial charge in [0, 0.05) is 10.0 Å². The highest BCUT2D eigenvalue weighted by Gasteiger charge is 2.50. The van der Waals surface area contributed by atoms with E-state index in [0.717, 1.165) is 4.90 Å². The maximum absolute atomic E-state index is 13.1. The largest absolute Gasteiger partial charge is 0.454 e. The van der Waals surface area contributed by atoms with Crippen LogP contribution in [0, 0.1) is 0 Å². The predicted molar refractivity (Wildman–Crippen MR) is 113 cm³/mol. The fraction of sp³-hybridized carbons (Fsp3) is 0.286. The van der Waals surface area contributed by atoms with E-state index >= 15 is 0 Å². The standard InChI is InChI=1S/C21H19Cl2N3O5/c1-11(14-5-4-13(22)8-15(14)23)24-18(27)9-26-19(28)21(2,25-20(26)29)12-3-6-16-17(7-12)31-10-30-16/h3-8,11H,9-10H2,1-2H3,(H,24,27)(H,25,29). The van der Waals surface area contributed by atoms with Crippen molar-refractivity contribution in [3.63, 3.8) is 0 Å². The molecule has 10 heteroatoms. The van der Waals surface area contributed by atoms with Gasteiger partial charge in [0.15, 0.2) is 11.5 Å². The molecule has 0 radical (unpaired) electrons. The SMILES string of the molecule is CC(NC(=O)CN1C(=O)NC(C)(c2ccc3c(c2)OCO3)C1=O)c1ccc(Cl)cc1Cl. The number of rotatable bonds is 5. The van der Waals surface area contributed by atoms with Gasteiger partial charge in [0.25, 0.3) is 5.91 Å². The summed E-state index contributed by atoms with van der Waals surface area (Å²) in [4.78, 5) is 39.0. The van der Waals surface area contributed by atoms with Gasteiger partial charge in [-0.05, 0) is 49.2 Å². The van der Waals surface area contributed by atoms with E-state index in [1.54, 1.807) is 50.2 Å². The summed E-state index contributed by atoms with van der Waals surface area (Å²) in [6, 6.07) is 8.86. The molecule has 1 saturated heterocycles. The maximum Gasteiger partial charge on any atom is 0.325 e. The Morgan fingerprint density at radius 2 is 1.94 bits per heavy atom. The van der Waals surface area contributed by atoms with E-state index in [-0.39, 0.29) is 6.79 Å². The lowest BCUT2D eigenvalue weighted by atomic mass is 9.91. The van der Waals surface area contributed by atoms with Crippen LogP contribution < -0.4 is 20.1 Å². The lowest BCUT2D eigenvalue weighted by Crippen LogP contribution is -2.43. The monoisotopic (exact) mass is 463 g/mol. The van der Waals surface area contributed by atoms with Gasteiger partial charge in [0.1, 0.15) is 12.1 Å². The molecule has 2 N–H and O–H groups in total. The summed E-state index contributed by atoms with van der Waals surface area (Å²) in [5, 5.41) is 6.31. The third kappa shape index (κ3) is 3.88. The fourth-order valence-electron chi connectivity index (χ4n) is 3.60. The van der Waals surface area contributed by atoms with Crippen LogP contribution in [0.5, 0.6) is 11.5 Å². The Kier molecular flexibility index (Phi) is 5.45. The number of carbonyl (C=O) groups excluding carboxylic acids is 3. The number of nitrogens with one attached hydrogen (secondary N) is 2. The minimum absolute atomic E-state index is 0.0952. The van der Waals surface area contributed by atoms with Crippen molar-refractivity contribution >= 4 is 41.0 Å². The number of imide groups is 1. The van der Waals surface area contributed by atoms with E-state index in [4.69, 9.17) is 32.7 Å². The molecule has 8 nitrogen and oxygen atoms in total. The van der Waals surface area contributed by atoms with Crippen molar-refractivity contribution in [2.45, 2.75) is 25.4 Å². The van der Waals surface area contributed by atoms with Crippen LogP contribution in [0.2, 0.25) is 10.0 Å². The molecule has 2 heterocycles. The summed E-state index contributed by atoms with van der Waals surface area (Å²) in [7, 11) is 0. The van der Waals surface area contributed by atoms with Crippen LogP contribution in [0.15, 0.2) is 36.4 Å². The van der Waals surface area contributed by atoms with Gasteiger partial charge in [0.2, 0.25) is 12.7 Å². The number of amides is 4. The summed E-state index contributed by atoms with van der Waals surface area (Å²) >= 11 is 12.1. The van der Waals surface area contributed by atoms with Crippen LogP contribution in [0.1, 0.15) is 31.0 Å². The third-order valence-electron chi connectivity index (χ3n) is 5.33. The Morgan fingerprint density at radius 1 is 1.19 bits per heavy atom. The molecule has 2 aliphatic heterocycles.